The zero-order valence-corrected chi connectivity index (χ0v) is 16.3. The molecule has 0 aliphatic carbocycles. The van der Waals surface area contributed by atoms with Crippen molar-refractivity contribution in [2.24, 2.45) is 5.92 Å². The van der Waals surface area contributed by atoms with E-state index in [-0.39, 0.29) is 24.1 Å². The molecule has 2 aromatic carbocycles. The summed E-state index contributed by atoms with van der Waals surface area (Å²) >= 11 is 1.20. The highest BCUT2D eigenvalue weighted by Gasteiger charge is 2.37. The molecule has 30 heavy (non-hydrogen) atoms. The van der Waals surface area contributed by atoms with Gasteiger partial charge in [-0.15, -0.1) is 0 Å². The van der Waals surface area contributed by atoms with Crippen LogP contribution in [-0.4, -0.2) is 30.8 Å². The third-order valence-electron chi connectivity index (χ3n) is 5.14. The van der Waals surface area contributed by atoms with Gasteiger partial charge in [0, 0.05) is 19.6 Å². The lowest BCUT2D eigenvalue weighted by molar-refractivity contribution is -0.136. The van der Waals surface area contributed by atoms with E-state index in [4.69, 9.17) is 9.47 Å². The normalized spacial score (nSPS) is 16.0. The molecule has 0 saturated carbocycles. The molecule has 1 aromatic heterocycles. The summed E-state index contributed by atoms with van der Waals surface area (Å²) < 4.78 is 50.6. The second-order valence-corrected chi connectivity index (χ2v) is 8.16. The van der Waals surface area contributed by atoms with Crippen LogP contribution in [0.2, 0.25) is 0 Å². The van der Waals surface area contributed by atoms with Gasteiger partial charge in [-0.05, 0) is 29.8 Å². The van der Waals surface area contributed by atoms with Crippen molar-refractivity contribution in [1.82, 2.24) is 10.3 Å². The summed E-state index contributed by atoms with van der Waals surface area (Å²) in [5, 5.41) is 3.39. The summed E-state index contributed by atoms with van der Waals surface area (Å²) in [5.74, 6) is 1.02. The number of halogens is 3. The number of ether oxygens (including phenoxy) is 2. The zero-order valence-electron chi connectivity index (χ0n) is 15.5. The van der Waals surface area contributed by atoms with E-state index < -0.39 is 11.7 Å². The Balaban J connectivity index is 1.20. The summed E-state index contributed by atoms with van der Waals surface area (Å²) in [7, 11) is 0. The van der Waals surface area contributed by atoms with Crippen molar-refractivity contribution >= 4 is 32.6 Å². The second-order valence-electron chi connectivity index (χ2n) is 7.15. The molecule has 5 rings (SSSR count). The number of thiazole rings is 1. The molecule has 0 radical (unpaired) electrons. The summed E-state index contributed by atoms with van der Waals surface area (Å²) in [6, 6.07) is 9.54. The van der Waals surface area contributed by atoms with Crippen LogP contribution in [0.5, 0.6) is 11.5 Å². The van der Waals surface area contributed by atoms with Gasteiger partial charge >= 0.3 is 6.18 Å². The molecule has 156 valence electrons. The number of hydrogen-bond donors (Lipinski definition) is 1. The Kier molecular flexibility index (Phi) is 4.46. The molecule has 2 aliphatic rings. The smallest absolute Gasteiger partial charge is 0.418 e. The van der Waals surface area contributed by atoms with Gasteiger partial charge in [0.25, 0.3) is 0 Å². The number of anilines is 1. The molecule has 3 heterocycles. The lowest BCUT2D eigenvalue weighted by Gasteiger charge is -2.38. The number of carbonyl (C=O) groups is 1. The first-order chi connectivity index (χ1) is 14.4. The van der Waals surface area contributed by atoms with E-state index in [1.54, 1.807) is 12.1 Å². The highest BCUT2D eigenvalue weighted by Crippen LogP contribution is 2.39. The number of rotatable bonds is 4. The molecule has 10 heteroatoms. The summed E-state index contributed by atoms with van der Waals surface area (Å²) in [6.07, 6.45) is -4.45. The zero-order chi connectivity index (χ0) is 20.9. The van der Waals surface area contributed by atoms with Gasteiger partial charge in [-0.1, -0.05) is 23.5 Å². The van der Waals surface area contributed by atoms with Gasteiger partial charge in [0.15, 0.2) is 16.6 Å². The Morgan fingerprint density at radius 3 is 2.80 bits per heavy atom. The number of amides is 1. The first-order valence-corrected chi connectivity index (χ1v) is 10.1. The average Bonchev–Trinajstić information content (AvgIpc) is 3.30. The van der Waals surface area contributed by atoms with Gasteiger partial charge in [0.05, 0.1) is 21.7 Å². The minimum Gasteiger partial charge on any atom is -0.454 e. The number of alkyl halides is 3. The van der Waals surface area contributed by atoms with Crippen molar-refractivity contribution in [1.29, 1.82) is 0 Å². The van der Waals surface area contributed by atoms with E-state index in [1.165, 1.54) is 17.4 Å². The molecule has 2 aliphatic heterocycles. The van der Waals surface area contributed by atoms with Crippen molar-refractivity contribution in [3.05, 3.63) is 47.5 Å². The number of nitrogens with zero attached hydrogens (tertiary/aromatic N) is 2. The summed E-state index contributed by atoms with van der Waals surface area (Å²) in [4.78, 5) is 18.4. The van der Waals surface area contributed by atoms with Crippen molar-refractivity contribution in [3.63, 3.8) is 0 Å². The highest BCUT2D eigenvalue weighted by molar-refractivity contribution is 7.22. The molecule has 0 bridgehead atoms. The number of carbonyl (C=O) groups excluding carboxylic acids is 1. The Morgan fingerprint density at radius 2 is 2.00 bits per heavy atom. The van der Waals surface area contributed by atoms with Gasteiger partial charge < -0.3 is 19.7 Å². The van der Waals surface area contributed by atoms with E-state index >= 15 is 0 Å². The van der Waals surface area contributed by atoms with Crippen LogP contribution in [0.4, 0.5) is 18.3 Å². The number of fused-ring (bicyclic) bond motifs is 2. The lowest BCUT2D eigenvalue weighted by atomic mass is 10.00. The first-order valence-electron chi connectivity index (χ1n) is 9.26. The Hall–Kier alpha value is -3.01. The Bertz CT molecular complexity index is 1130. The maximum atomic E-state index is 13.2. The molecular formula is C20H16F3N3O3S. The van der Waals surface area contributed by atoms with Gasteiger partial charge in [0.1, 0.15) is 0 Å². The maximum Gasteiger partial charge on any atom is 0.418 e. The SMILES string of the molecule is O=C(NCc1ccc2c(c1)OCO2)C1CN(c2nc3c(C(F)(F)F)cccc3s2)C1. The molecule has 0 atom stereocenters. The van der Waals surface area contributed by atoms with Gasteiger partial charge in [-0.3, -0.25) is 4.79 Å². The van der Waals surface area contributed by atoms with E-state index in [2.05, 4.69) is 10.3 Å². The molecular weight excluding hydrogens is 419 g/mol. The minimum absolute atomic E-state index is 0.0410. The molecule has 1 N–H and O–H groups in total. The molecule has 1 amide bonds. The van der Waals surface area contributed by atoms with E-state index in [1.807, 2.05) is 17.0 Å². The maximum absolute atomic E-state index is 13.2. The van der Waals surface area contributed by atoms with Crippen molar-refractivity contribution in [2.75, 3.05) is 24.8 Å². The van der Waals surface area contributed by atoms with Crippen LogP contribution in [0.15, 0.2) is 36.4 Å². The lowest BCUT2D eigenvalue weighted by Crippen LogP contribution is -2.53. The van der Waals surface area contributed by atoms with Gasteiger partial charge in [0.2, 0.25) is 12.7 Å². The number of benzene rings is 2. The largest absolute Gasteiger partial charge is 0.454 e. The van der Waals surface area contributed by atoms with Crippen LogP contribution in [0.25, 0.3) is 10.2 Å². The number of para-hydroxylation sites is 1. The third kappa shape index (κ3) is 3.41. The number of nitrogens with one attached hydrogen (secondary N) is 1. The van der Waals surface area contributed by atoms with E-state index in [0.717, 1.165) is 11.6 Å². The van der Waals surface area contributed by atoms with Crippen molar-refractivity contribution in [2.45, 2.75) is 12.7 Å². The van der Waals surface area contributed by atoms with Crippen molar-refractivity contribution < 1.29 is 27.4 Å². The number of aromatic nitrogens is 1. The van der Waals surface area contributed by atoms with Crippen LogP contribution in [0, 0.1) is 5.92 Å². The fourth-order valence-electron chi connectivity index (χ4n) is 3.49. The standard InChI is InChI=1S/C20H16F3N3O3S/c21-20(22,23)13-2-1-3-16-17(13)25-19(30-16)26-8-12(9-26)18(27)24-7-11-4-5-14-15(6-11)29-10-28-14/h1-6,12H,7-10H2,(H,24,27). The van der Waals surface area contributed by atoms with Gasteiger partial charge in [-0.25, -0.2) is 4.98 Å². The van der Waals surface area contributed by atoms with Crippen LogP contribution in [0.1, 0.15) is 11.1 Å². The molecule has 0 unspecified atom stereocenters. The monoisotopic (exact) mass is 435 g/mol. The molecule has 6 nitrogen and oxygen atoms in total. The van der Waals surface area contributed by atoms with Gasteiger partial charge in [-0.2, -0.15) is 13.2 Å². The predicted molar refractivity (Wildman–Crippen MR) is 105 cm³/mol. The first kappa shape index (κ1) is 19.0. The van der Waals surface area contributed by atoms with Crippen LogP contribution < -0.4 is 19.7 Å². The fraction of sp³-hybridized carbons (Fsp3) is 0.300. The van der Waals surface area contributed by atoms with Crippen LogP contribution >= 0.6 is 11.3 Å². The topological polar surface area (TPSA) is 63.7 Å². The molecule has 0 spiro atoms. The summed E-state index contributed by atoms with van der Waals surface area (Å²) in [6.45, 7) is 1.41. The quantitative estimate of drug-likeness (QED) is 0.676. The predicted octanol–water partition coefficient (Wildman–Crippen LogP) is 3.80. The molecule has 3 aromatic rings. The highest BCUT2D eigenvalue weighted by atomic mass is 32.1. The molecule has 1 fully saturated rings. The van der Waals surface area contributed by atoms with Crippen LogP contribution in [-0.2, 0) is 17.5 Å². The number of hydrogen-bond acceptors (Lipinski definition) is 6. The molecule has 1 saturated heterocycles. The third-order valence-corrected chi connectivity index (χ3v) is 6.22. The second kappa shape index (κ2) is 7.05. The van der Waals surface area contributed by atoms with E-state index in [9.17, 15) is 18.0 Å². The Labute approximate surface area is 173 Å². The minimum atomic E-state index is -4.45. The summed E-state index contributed by atoms with van der Waals surface area (Å²) in [5.41, 5.74) is 0.122. The Morgan fingerprint density at radius 1 is 1.20 bits per heavy atom. The van der Waals surface area contributed by atoms with Crippen LogP contribution in [0.3, 0.4) is 0 Å². The average molecular weight is 435 g/mol. The fourth-order valence-corrected chi connectivity index (χ4v) is 4.50. The van der Waals surface area contributed by atoms with Crippen molar-refractivity contribution in [3.8, 4) is 11.5 Å². The van der Waals surface area contributed by atoms with E-state index in [0.29, 0.717) is 41.0 Å².